The van der Waals surface area contributed by atoms with Crippen molar-refractivity contribution in [2.24, 2.45) is 0 Å². The molecular weight excluding hydrogens is 390 g/mol. The van der Waals surface area contributed by atoms with Crippen molar-refractivity contribution in [3.63, 3.8) is 0 Å². The molecule has 1 atom stereocenters. The lowest BCUT2D eigenvalue weighted by Crippen LogP contribution is -2.37. The summed E-state index contributed by atoms with van der Waals surface area (Å²) in [6.07, 6.45) is -0.115. The van der Waals surface area contributed by atoms with E-state index in [2.05, 4.69) is 58.9 Å². The maximum Gasteiger partial charge on any atom is 0.203 e. The standard InChI is InChI=1S/C25H25N3O3/c1-5-27-19-12-8-6-10-17(19)24-26-18-11-7-9-13-20(18)28(24)25(27)16-14-21(29-2)23(31-4)22(15-16)30-3/h6-15,25H,5H2,1-4H3/t25-/m1/s1. The minimum Gasteiger partial charge on any atom is -0.493 e. The molecule has 4 aromatic rings. The smallest absolute Gasteiger partial charge is 0.203 e. The third-order valence-electron chi connectivity index (χ3n) is 5.92. The molecule has 6 heteroatoms. The molecule has 0 amide bonds. The largest absolute Gasteiger partial charge is 0.493 e. The third-order valence-corrected chi connectivity index (χ3v) is 5.92. The lowest BCUT2D eigenvalue weighted by molar-refractivity contribution is 0.323. The number of methoxy groups -OCH3 is 3. The number of ether oxygens (including phenoxy) is 3. The van der Waals surface area contributed by atoms with Crippen molar-refractivity contribution in [3.8, 4) is 28.6 Å². The van der Waals surface area contributed by atoms with E-state index in [1.165, 1.54) is 0 Å². The first-order chi connectivity index (χ1) is 15.2. The first-order valence-corrected chi connectivity index (χ1v) is 10.3. The Kier molecular flexibility index (Phi) is 4.70. The van der Waals surface area contributed by atoms with Gasteiger partial charge in [-0.1, -0.05) is 24.3 Å². The summed E-state index contributed by atoms with van der Waals surface area (Å²) in [4.78, 5) is 7.39. The van der Waals surface area contributed by atoms with Crippen LogP contribution in [0.3, 0.4) is 0 Å². The van der Waals surface area contributed by atoms with Crippen molar-refractivity contribution in [1.82, 2.24) is 9.55 Å². The van der Waals surface area contributed by atoms with Crippen LogP contribution in [0, 0.1) is 0 Å². The van der Waals surface area contributed by atoms with Crippen molar-refractivity contribution in [2.75, 3.05) is 32.8 Å². The van der Waals surface area contributed by atoms with E-state index in [0.717, 1.165) is 40.2 Å². The van der Waals surface area contributed by atoms with Crippen LogP contribution >= 0.6 is 0 Å². The molecule has 0 fully saturated rings. The van der Waals surface area contributed by atoms with Gasteiger partial charge in [-0.2, -0.15) is 0 Å². The second-order valence-electron chi connectivity index (χ2n) is 7.43. The second-order valence-corrected chi connectivity index (χ2v) is 7.43. The van der Waals surface area contributed by atoms with Gasteiger partial charge in [0.05, 0.1) is 32.4 Å². The molecule has 1 aromatic heterocycles. The van der Waals surface area contributed by atoms with E-state index in [9.17, 15) is 0 Å². The van der Waals surface area contributed by atoms with Gasteiger partial charge in [0.15, 0.2) is 11.5 Å². The second kappa shape index (κ2) is 7.54. The zero-order chi connectivity index (χ0) is 21.5. The molecule has 0 spiro atoms. The molecule has 5 rings (SSSR count). The Morgan fingerprint density at radius 1 is 0.871 bits per heavy atom. The Hall–Kier alpha value is -3.67. The van der Waals surface area contributed by atoms with Crippen LogP contribution in [0.25, 0.3) is 22.4 Å². The maximum absolute atomic E-state index is 5.66. The zero-order valence-corrected chi connectivity index (χ0v) is 18.1. The molecule has 158 valence electrons. The van der Waals surface area contributed by atoms with Crippen LogP contribution in [0.15, 0.2) is 60.7 Å². The van der Waals surface area contributed by atoms with Gasteiger partial charge >= 0.3 is 0 Å². The van der Waals surface area contributed by atoms with Gasteiger partial charge in [-0.05, 0) is 43.3 Å². The van der Waals surface area contributed by atoms with E-state index in [0.29, 0.717) is 17.2 Å². The van der Waals surface area contributed by atoms with Crippen molar-refractivity contribution in [1.29, 1.82) is 0 Å². The third kappa shape index (κ3) is 2.82. The molecule has 0 aliphatic carbocycles. The van der Waals surface area contributed by atoms with Crippen LogP contribution in [0.2, 0.25) is 0 Å². The van der Waals surface area contributed by atoms with Crippen molar-refractivity contribution >= 4 is 16.7 Å². The summed E-state index contributed by atoms with van der Waals surface area (Å²) in [6, 6.07) is 20.8. The maximum atomic E-state index is 5.66. The molecule has 6 nitrogen and oxygen atoms in total. The highest BCUT2D eigenvalue weighted by Crippen LogP contribution is 2.47. The van der Waals surface area contributed by atoms with Crippen molar-refractivity contribution < 1.29 is 14.2 Å². The fourth-order valence-electron chi connectivity index (χ4n) is 4.59. The van der Waals surface area contributed by atoms with Gasteiger partial charge in [0.1, 0.15) is 12.0 Å². The number of anilines is 1. The highest BCUT2D eigenvalue weighted by molar-refractivity contribution is 5.87. The van der Waals surface area contributed by atoms with Crippen LogP contribution in [0.5, 0.6) is 17.2 Å². The number of rotatable bonds is 5. The van der Waals surface area contributed by atoms with Gasteiger partial charge in [-0.3, -0.25) is 4.57 Å². The normalized spacial score (nSPS) is 14.8. The summed E-state index contributed by atoms with van der Waals surface area (Å²) < 4.78 is 19.2. The van der Waals surface area contributed by atoms with Gasteiger partial charge < -0.3 is 19.1 Å². The Bertz CT molecular complexity index is 1240. The number of para-hydroxylation sites is 3. The summed E-state index contributed by atoms with van der Waals surface area (Å²) in [5, 5.41) is 0. The van der Waals surface area contributed by atoms with Crippen LogP contribution < -0.4 is 19.1 Å². The van der Waals surface area contributed by atoms with E-state index in [1.807, 2.05) is 18.2 Å². The summed E-state index contributed by atoms with van der Waals surface area (Å²) in [5.74, 6) is 2.82. The summed E-state index contributed by atoms with van der Waals surface area (Å²) in [5.41, 5.74) is 5.39. The van der Waals surface area contributed by atoms with Crippen LogP contribution in [0.1, 0.15) is 18.7 Å². The lowest BCUT2D eigenvalue weighted by atomic mass is 10.0. The molecule has 0 radical (unpaired) electrons. The van der Waals surface area contributed by atoms with Crippen LogP contribution in [-0.4, -0.2) is 37.4 Å². The zero-order valence-electron chi connectivity index (χ0n) is 18.1. The predicted molar refractivity (Wildman–Crippen MR) is 122 cm³/mol. The lowest BCUT2D eigenvalue weighted by Gasteiger charge is -2.40. The molecule has 1 aliphatic heterocycles. The van der Waals surface area contributed by atoms with Crippen LogP contribution in [-0.2, 0) is 0 Å². The van der Waals surface area contributed by atoms with E-state index in [4.69, 9.17) is 19.2 Å². The topological polar surface area (TPSA) is 48.8 Å². The number of imidazole rings is 1. The monoisotopic (exact) mass is 415 g/mol. The molecule has 2 heterocycles. The van der Waals surface area contributed by atoms with E-state index in [1.54, 1.807) is 21.3 Å². The van der Waals surface area contributed by atoms with Gasteiger partial charge in [-0.15, -0.1) is 0 Å². The first-order valence-electron chi connectivity index (χ1n) is 10.3. The quantitative estimate of drug-likeness (QED) is 0.453. The SMILES string of the molecule is CCN1c2ccccc2-c2nc3ccccc3n2[C@@H]1c1cc(OC)c(OC)c(OC)c1. The Balaban J connectivity index is 1.84. The van der Waals surface area contributed by atoms with E-state index in [-0.39, 0.29) is 6.17 Å². The molecule has 3 aromatic carbocycles. The summed E-state index contributed by atoms with van der Waals surface area (Å²) in [6.45, 7) is 3.00. The highest BCUT2D eigenvalue weighted by atomic mass is 16.5. The minimum atomic E-state index is -0.115. The molecule has 0 saturated carbocycles. The molecule has 1 aliphatic rings. The van der Waals surface area contributed by atoms with Gasteiger partial charge in [0, 0.05) is 23.4 Å². The van der Waals surface area contributed by atoms with Gasteiger partial charge in [0.25, 0.3) is 0 Å². The van der Waals surface area contributed by atoms with E-state index < -0.39 is 0 Å². The Morgan fingerprint density at radius 3 is 2.23 bits per heavy atom. The average Bonchev–Trinajstić information content (AvgIpc) is 3.21. The number of hydrogen-bond acceptors (Lipinski definition) is 5. The molecular formula is C25H25N3O3. The number of aromatic nitrogens is 2. The number of nitrogens with zero attached hydrogens (tertiary/aromatic N) is 3. The van der Waals surface area contributed by atoms with Gasteiger partial charge in [0.2, 0.25) is 5.75 Å². The molecule has 31 heavy (non-hydrogen) atoms. The fraction of sp³-hybridized carbons (Fsp3) is 0.240. The number of hydrogen-bond donors (Lipinski definition) is 0. The Morgan fingerprint density at radius 2 is 1.55 bits per heavy atom. The van der Waals surface area contributed by atoms with E-state index >= 15 is 0 Å². The number of benzene rings is 3. The molecule has 0 N–H and O–H groups in total. The fourth-order valence-corrected chi connectivity index (χ4v) is 4.59. The predicted octanol–water partition coefficient (Wildman–Crippen LogP) is 5.12. The molecule has 0 bridgehead atoms. The summed E-state index contributed by atoms with van der Waals surface area (Å²) in [7, 11) is 4.91. The Labute approximate surface area is 181 Å². The van der Waals surface area contributed by atoms with Crippen LogP contribution in [0.4, 0.5) is 5.69 Å². The van der Waals surface area contributed by atoms with Crippen molar-refractivity contribution in [2.45, 2.75) is 13.1 Å². The first kappa shape index (κ1) is 19.3. The average molecular weight is 415 g/mol. The highest BCUT2D eigenvalue weighted by Gasteiger charge is 2.34. The summed E-state index contributed by atoms with van der Waals surface area (Å²) >= 11 is 0. The minimum absolute atomic E-state index is 0.115. The molecule has 0 saturated heterocycles. The van der Waals surface area contributed by atoms with Crippen molar-refractivity contribution in [3.05, 3.63) is 66.2 Å². The molecule has 0 unspecified atom stereocenters. The number of fused-ring (bicyclic) bond motifs is 5. The van der Waals surface area contributed by atoms with Gasteiger partial charge in [-0.25, -0.2) is 4.98 Å².